The van der Waals surface area contributed by atoms with Crippen molar-refractivity contribution in [2.24, 2.45) is 0 Å². The maximum Gasteiger partial charge on any atom is 0.319 e. The van der Waals surface area contributed by atoms with Gasteiger partial charge in [-0.05, 0) is 36.6 Å². The molecule has 2 heterocycles. The third-order valence-electron chi connectivity index (χ3n) is 4.05. The van der Waals surface area contributed by atoms with Crippen LogP contribution in [0.5, 0.6) is 5.75 Å². The smallest absolute Gasteiger partial charge is 0.319 e. The van der Waals surface area contributed by atoms with Gasteiger partial charge in [0.2, 0.25) is 0 Å². The van der Waals surface area contributed by atoms with Gasteiger partial charge < -0.3 is 20.3 Å². The molecule has 24 heavy (non-hydrogen) atoms. The summed E-state index contributed by atoms with van der Waals surface area (Å²) in [5.74, 6) is 1.64. The molecule has 1 aromatic carbocycles. The Morgan fingerprint density at radius 2 is 2.00 bits per heavy atom. The van der Waals surface area contributed by atoms with Crippen molar-refractivity contribution in [1.29, 1.82) is 0 Å². The first kappa shape index (κ1) is 16.1. The van der Waals surface area contributed by atoms with E-state index in [0.29, 0.717) is 18.0 Å². The first-order valence-electron chi connectivity index (χ1n) is 8.14. The van der Waals surface area contributed by atoms with Gasteiger partial charge in [-0.15, -0.1) is 0 Å². The molecular weight excluding hydrogens is 304 g/mol. The summed E-state index contributed by atoms with van der Waals surface area (Å²) in [7, 11) is 1.58. The minimum atomic E-state index is -0.275. The second kappa shape index (κ2) is 7.68. The van der Waals surface area contributed by atoms with Crippen molar-refractivity contribution in [3.8, 4) is 5.75 Å². The van der Waals surface area contributed by atoms with Crippen LogP contribution >= 0.6 is 0 Å². The number of nitrogens with zero attached hydrogens (tertiary/aromatic N) is 2. The van der Waals surface area contributed by atoms with Gasteiger partial charge in [-0.25, -0.2) is 9.78 Å². The third-order valence-corrected chi connectivity index (χ3v) is 4.05. The van der Waals surface area contributed by atoms with Gasteiger partial charge in [0.05, 0.1) is 12.8 Å². The van der Waals surface area contributed by atoms with E-state index in [2.05, 4.69) is 20.5 Å². The van der Waals surface area contributed by atoms with Gasteiger partial charge in [-0.2, -0.15) is 0 Å². The second-order valence-electron chi connectivity index (χ2n) is 5.73. The number of benzene rings is 1. The molecule has 126 valence electrons. The van der Waals surface area contributed by atoms with Crippen molar-refractivity contribution < 1.29 is 9.53 Å². The standard InChI is InChI=1S/C18H22N4O2/c1-24-16-7-3-2-6-15(16)21-18(23)20-13-14-8-9-17(19-12-14)22-10-4-5-11-22/h2-3,6-9,12H,4-5,10-11,13H2,1H3,(H2,20,21,23). The third kappa shape index (κ3) is 3.95. The summed E-state index contributed by atoms with van der Waals surface area (Å²) in [5, 5.41) is 5.61. The number of carbonyl (C=O) groups excluding carboxylic acids is 1. The molecule has 0 radical (unpaired) electrons. The molecule has 1 saturated heterocycles. The molecule has 0 saturated carbocycles. The van der Waals surface area contributed by atoms with E-state index in [1.165, 1.54) is 12.8 Å². The number of ether oxygens (including phenoxy) is 1. The fourth-order valence-corrected chi connectivity index (χ4v) is 2.75. The Labute approximate surface area is 141 Å². The van der Waals surface area contributed by atoms with Crippen LogP contribution in [0.1, 0.15) is 18.4 Å². The normalized spacial score (nSPS) is 13.6. The summed E-state index contributed by atoms with van der Waals surface area (Å²) in [6.45, 7) is 2.58. The Kier molecular flexibility index (Phi) is 5.15. The van der Waals surface area contributed by atoms with Gasteiger partial charge in [0.1, 0.15) is 11.6 Å². The zero-order chi connectivity index (χ0) is 16.8. The number of aromatic nitrogens is 1. The molecule has 1 aromatic heterocycles. The van der Waals surface area contributed by atoms with Crippen LogP contribution < -0.4 is 20.3 Å². The molecule has 6 heteroatoms. The Morgan fingerprint density at radius 3 is 2.71 bits per heavy atom. The Balaban J connectivity index is 1.52. The Bertz CT molecular complexity index is 682. The first-order chi connectivity index (χ1) is 11.8. The van der Waals surface area contributed by atoms with E-state index < -0.39 is 0 Å². The van der Waals surface area contributed by atoms with Gasteiger partial charge in [-0.3, -0.25) is 0 Å². The van der Waals surface area contributed by atoms with Gasteiger partial charge in [0, 0.05) is 25.8 Å². The van der Waals surface area contributed by atoms with Crippen LogP contribution in [0.15, 0.2) is 42.6 Å². The van der Waals surface area contributed by atoms with Crippen molar-refractivity contribution in [3.63, 3.8) is 0 Å². The number of pyridine rings is 1. The lowest BCUT2D eigenvalue weighted by molar-refractivity contribution is 0.251. The predicted octanol–water partition coefficient (Wildman–Crippen LogP) is 3.01. The molecule has 0 aliphatic carbocycles. The number of hydrogen-bond acceptors (Lipinski definition) is 4. The number of nitrogens with one attached hydrogen (secondary N) is 2. The molecule has 6 nitrogen and oxygen atoms in total. The van der Waals surface area contributed by atoms with Crippen molar-refractivity contribution in [2.45, 2.75) is 19.4 Å². The highest BCUT2D eigenvalue weighted by molar-refractivity contribution is 5.90. The maximum absolute atomic E-state index is 12.0. The summed E-state index contributed by atoms with van der Waals surface area (Å²) in [4.78, 5) is 18.8. The minimum absolute atomic E-state index is 0.275. The minimum Gasteiger partial charge on any atom is -0.495 e. The molecule has 2 N–H and O–H groups in total. The molecular formula is C18H22N4O2. The summed E-state index contributed by atoms with van der Waals surface area (Å²) in [6, 6.07) is 11.0. The van der Waals surface area contributed by atoms with Crippen LogP contribution in [0.2, 0.25) is 0 Å². The lowest BCUT2D eigenvalue weighted by Gasteiger charge is -2.16. The predicted molar refractivity (Wildman–Crippen MR) is 94.5 cm³/mol. The molecule has 0 bridgehead atoms. The highest BCUT2D eigenvalue weighted by atomic mass is 16.5. The Hall–Kier alpha value is -2.76. The number of amides is 2. The zero-order valence-electron chi connectivity index (χ0n) is 13.8. The molecule has 1 fully saturated rings. The lowest BCUT2D eigenvalue weighted by Crippen LogP contribution is -2.28. The van der Waals surface area contributed by atoms with Crippen LogP contribution in [-0.2, 0) is 6.54 Å². The number of carbonyl (C=O) groups is 1. The largest absolute Gasteiger partial charge is 0.495 e. The topological polar surface area (TPSA) is 66.5 Å². The molecule has 0 unspecified atom stereocenters. The monoisotopic (exact) mass is 326 g/mol. The highest BCUT2D eigenvalue weighted by Gasteiger charge is 2.13. The number of rotatable bonds is 5. The van der Waals surface area contributed by atoms with Crippen LogP contribution in [-0.4, -0.2) is 31.2 Å². The van der Waals surface area contributed by atoms with Crippen molar-refractivity contribution in [1.82, 2.24) is 10.3 Å². The van der Waals surface area contributed by atoms with E-state index in [1.807, 2.05) is 30.5 Å². The maximum atomic E-state index is 12.0. The molecule has 1 aliphatic heterocycles. The van der Waals surface area contributed by atoms with E-state index in [-0.39, 0.29) is 6.03 Å². The number of para-hydroxylation sites is 2. The SMILES string of the molecule is COc1ccccc1NC(=O)NCc1ccc(N2CCCC2)nc1. The zero-order valence-corrected chi connectivity index (χ0v) is 13.8. The lowest BCUT2D eigenvalue weighted by atomic mass is 10.2. The molecule has 2 amide bonds. The fraction of sp³-hybridized carbons (Fsp3) is 0.333. The van der Waals surface area contributed by atoms with Crippen molar-refractivity contribution in [3.05, 3.63) is 48.2 Å². The number of anilines is 2. The second-order valence-corrected chi connectivity index (χ2v) is 5.73. The molecule has 2 aromatic rings. The van der Waals surface area contributed by atoms with Gasteiger partial charge >= 0.3 is 6.03 Å². The fourth-order valence-electron chi connectivity index (χ4n) is 2.75. The quantitative estimate of drug-likeness (QED) is 0.886. The molecule has 3 rings (SSSR count). The summed E-state index contributed by atoms with van der Waals surface area (Å²) in [5.41, 5.74) is 1.60. The van der Waals surface area contributed by atoms with Gasteiger partial charge in [-0.1, -0.05) is 18.2 Å². The van der Waals surface area contributed by atoms with E-state index in [9.17, 15) is 4.79 Å². The average molecular weight is 326 g/mol. The van der Waals surface area contributed by atoms with Gasteiger partial charge in [0.15, 0.2) is 0 Å². The van der Waals surface area contributed by atoms with Crippen LogP contribution in [0.25, 0.3) is 0 Å². The van der Waals surface area contributed by atoms with E-state index in [1.54, 1.807) is 19.2 Å². The average Bonchev–Trinajstić information content (AvgIpc) is 3.15. The van der Waals surface area contributed by atoms with Crippen LogP contribution in [0.4, 0.5) is 16.3 Å². The molecule has 1 aliphatic rings. The summed E-state index contributed by atoms with van der Waals surface area (Å²) in [6.07, 6.45) is 4.28. The van der Waals surface area contributed by atoms with E-state index >= 15 is 0 Å². The van der Waals surface area contributed by atoms with Gasteiger partial charge in [0.25, 0.3) is 0 Å². The highest BCUT2D eigenvalue weighted by Crippen LogP contribution is 2.22. The molecule has 0 atom stereocenters. The number of urea groups is 1. The van der Waals surface area contributed by atoms with Crippen molar-refractivity contribution >= 4 is 17.5 Å². The summed E-state index contributed by atoms with van der Waals surface area (Å²) >= 11 is 0. The first-order valence-corrected chi connectivity index (χ1v) is 8.14. The number of hydrogen-bond donors (Lipinski definition) is 2. The molecule has 0 spiro atoms. The van der Waals surface area contributed by atoms with Crippen molar-refractivity contribution in [2.75, 3.05) is 30.4 Å². The number of methoxy groups -OCH3 is 1. The summed E-state index contributed by atoms with van der Waals surface area (Å²) < 4.78 is 5.21. The van der Waals surface area contributed by atoms with E-state index in [0.717, 1.165) is 24.5 Å². The van der Waals surface area contributed by atoms with E-state index in [4.69, 9.17) is 4.74 Å². The Morgan fingerprint density at radius 1 is 1.21 bits per heavy atom. The van der Waals surface area contributed by atoms with Crippen LogP contribution in [0.3, 0.4) is 0 Å². The van der Waals surface area contributed by atoms with Crippen LogP contribution in [0, 0.1) is 0 Å².